The summed E-state index contributed by atoms with van der Waals surface area (Å²) >= 11 is 0. The van der Waals surface area contributed by atoms with E-state index in [1.54, 1.807) is 13.3 Å². The molecule has 0 fully saturated rings. The van der Waals surface area contributed by atoms with Crippen LogP contribution in [0.5, 0.6) is 5.75 Å². The van der Waals surface area contributed by atoms with E-state index in [2.05, 4.69) is 20.1 Å². The zero-order valence-electron chi connectivity index (χ0n) is 15.1. The average Bonchev–Trinajstić information content (AvgIpc) is 2.63. The van der Waals surface area contributed by atoms with Crippen LogP contribution in [-0.4, -0.2) is 36.7 Å². The fraction of sp³-hybridized carbons (Fsp3) is 0.375. The van der Waals surface area contributed by atoms with E-state index < -0.39 is 5.97 Å². The third kappa shape index (κ3) is 4.02. The predicted molar refractivity (Wildman–Crippen MR) is 94.0 cm³/mol. The lowest BCUT2D eigenvalue weighted by atomic mass is 10.1. The van der Waals surface area contributed by atoms with Crippen LogP contribution in [0.2, 0.25) is 0 Å². The number of rotatable bonds is 7. The van der Waals surface area contributed by atoms with Crippen LogP contribution in [0.25, 0.3) is 0 Å². The Morgan fingerprint density at radius 2 is 2.12 bits per heavy atom. The number of carbonyl (C=O) groups excluding carboxylic acids is 1. The van der Waals surface area contributed by atoms with Gasteiger partial charge in [0.1, 0.15) is 12.3 Å². The molecule has 0 aromatic carbocycles. The number of nitrogens with two attached hydrogens (primary N) is 1. The van der Waals surface area contributed by atoms with Gasteiger partial charge in [0.05, 0.1) is 32.7 Å². The maximum Gasteiger partial charge on any atom is 0.389 e. The first-order chi connectivity index (χ1) is 12.4. The number of pyridine rings is 1. The van der Waals surface area contributed by atoms with Gasteiger partial charge in [-0.15, -0.1) is 4.91 Å². The third-order valence-electron chi connectivity index (χ3n) is 3.85. The molecular weight excluding hydrogens is 340 g/mol. The third-order valence-corrected chi connectivity index (χ3v) is 3.85. The number of hydrogen-bond acceptors (Lipinski definition) is 9. The zero-order chi connectivity index (χ0) is 19.3. The van der Waals surface area contributed by atoms with Crippen LogP contribution in [0.3, 0.4) is 0 Å². The lowest BCUT2D eigenvalue weighted by molar-refractivity contribution is -0.363. The van der Waals surface area contributed by atoms with Gasteiger partial charge < -0.3 is 14.4 Å². The maximum atomic E-state index is 11.8. The molecule has 2 rings (SSSR count). The van der Waals surface area contributed by atoms with E-state index in [0.29, 0.717) is 11.4 Å². The number of aromatic nitrogens is 3. The molecule has 3 N–H and O–H groups in total. The van der Waals surface area contributed by atoms with E-state index in [0.717, 1.165) is 11.1 Å². The lowest BCUT2D eigenvalue weighted by Crippen LogP contribution is -2.32. The second-order valence-electron chi connectivity index (χ2n) is 5.56. The van der Waals surface area contributed by atoms with E-state index in [1.165, 1.54) is 18.2 Å². The number of H-pyrrole nitrogens is 1. The summed E-state index contributed by atoms with van der Waals surface area (Å²) in [5, 5.41) is 2.94. The SMILES string of the molecule is COC(=O)CN(Cc1ncc(C)c(OC)c1C)c1nc(N)[nH+]cc1N=O. The highest BCUT2D eigenvalue weighted by Gasteiger charge is 2.24. The van der Waals surface area contributed by atoms with Crippen LogP contribution >= 0.6 is 0 Å². The minimum Gasteiger partial charge on any atom is -0.496 e. The minimum absolute atomic E-state index is 0.0137. The van der Waals surface area contributed by atoms with Crippen molar-refractivity contribution in [2.45, 2.75) is 20.4 Å². The van der Waals surface area contributed by atoms with E-state index in [9.17, 15) is 9.70 Å². The Labute approximate surface area is 150 Å². The van der Waals surface area contributed by atoms with E-state index in [-0.39, 0.29) is 30.5 Å². The van der Waals surface area contributed by atoms with Crippen LogP contribution in [0, 0.1) is 18.8 Å². The average molecular weight is 361 g/mol. The number of hydrogen-bond donors (Lipinski definition) is 1. The largest absolute Gasteiger partial charge is 0.496 e. The van der Waals surface area contributed by atoms with E-state index in [1.807, 2.05) is 13.8 Å². The molecule has 0 aliphatic carbocycles. The first-order valence-electron chi connectivity index (χ1n) is 7.73. The molecule has 0 saturated heterocycles. The Balaban J connectivity index is 2.49. The van der Waals surface area contributed by atoms with Gasteiger partial charge in [-0.05, 0) is 19.0 Å². The van der Waals surface area contributed by atoms with E-state index in [4.69, 9.17) is 15.2 Å². The van der Waals surface area contributed by atoms with Gasteiger partial charge in [-0.25, -0.2) is 4.98 Å². The summed E-state index contributed by atoms with van der Waals surface area (Å²) in [6, 6.07) is 0. The highest BCUT2D eigenvalue weighted by Crippen LogP contribution is 2.29. The molecule has 2 aromatic rings. The molecule has 26 heavy (non-hydrogen) atoms. The number of nitroso groups, excluding NO2 is 1. The highest BCUT2D eigenvalue weighted by molar-refractivity contribution is 5.77. The molecule has 2 aromatic heterocycles. The number of esters is 1. The van der Waals surface area contributed by atoms with Crippen molar-refractivity contribution >= 4 is 23.4 Å². The summed E-state index contributed by atoms with van der Waals surface area (Å²) in [6.45, 7) is 3.77. The number of methoxy groups -OCH3 is 2. The van der Waals surface area contributed by atoms with Crippen molar-refractivity contribution < 1.29 is 19.3 Å². The molecule has 10 heteroatoms. The monoisotopic (exact) mass is 361 g/mol. The molecule has 2 heterocycles. The van der Waals surface area contributed by atoms with Gasteiger partial charge in [0.2, 0.25) is 5.82 Å². The highest BCUT2D eigenvalue weighted by atomic mass is 16.5. The Hall–Kier alpha value is -3.30. The maximum absolute atomic E-state index is 11.8. The summed E-state index contributed by atoms with van der Waals surface area (Å²) < 4.78 is 10.1. The number of nitrogen functional groups attached to an aromatic ring is 1. The van der Waals surface area contributed by atoms with Crippen LogP contribution in [-0.2, 0) is 16.1 Å². The Bertz CT molecular complexity index is 827. The summed E-state index contributed by atoms with van der Waals surface area (Å²) in [5.74, 6) is 0.429. The topological polar surface area (TPSA) is 134 Å². The molecule has 0 unspecified atom stereocenters. The quantitative estimate of drug-likeness (QED) is 0.572. The van der Waals surface area contributed by atoms with Crippen LogP contribution in [0.4, 0.5) is 17.5 Å². The van der Waals surface area contributed by atoms with Gasteiger partial charge in [0.15, 0.2) is 5.69 Å². The zero-order valence-corrected chi connectivity index (χ0v) is 15.1. The van der Waals surface area contributed by atoms with E-state index >= 15 is 0 Å². The van der Waals surface area contributed by atoms with Crippen molar-refractivity contribution in [3.05, 3.63) is 34.1 Å². The number of nitrogens with zero attached hydrogens (tertiary/aromatic N) is 4. The summed E-state index contributed by atoms with van der Waals surface area (Å²) in [4.78, 5) is 35.6. The fourth-order valence-corrected chi connectivity index (χ4v) is 2.55. The normalized spacial score (nSPS) is 10.3. The predicted octanol–water partition coefficient (Wildman–Crippen LogP) is 1.08. The van der Waals surface area contributed by atoms with Crippen molar-refractivity contribution in [3.8, 4) is 5.75 Å². The number of aryl methyl sites for hydroxylation is 1. The molecule has 0 spiro atoms. The fourth-order valence-electron chi connectivity index (χ4n) is 2.55. The van der Waals surface area contributed by atoms with Gasteiger partial charge in [0, 0.05) is 17.3 Å². The molecule has 0 aliphatic heterocycles. The van der Waals surface area contributed by atoms with Crippen LogP contribution < -0.4 is 20.4 Å². The first kappa shape index (κ1) is 19.0. The van der Waals surface area contributed by atoms with Crippen molar-refractivity contribution in [2.24, 2.45) is 5.18 Å². The number of carbonyl (C=O) groups is 1. The number of nitrogens with one attached hydrogen (secondary N) is 1. The van der Waals surface area contributed by atoms with Gasteiger partial charge in [-0.1, -0.05) is 4.98 Å². The van der Waals surface area contributed by atoms with Crippen molar-refractivity contribution in [3.63, 3.8) is 0 Å². The van der Waals surface area contributed by atoms with Gasteiger partial charge >= 0.3 is 11.9 Å². The Morgan fingerprint density at radius 3 is 2.73 bits per heavy atom. The summed E-state index contributed by atoms with van der Waals surface area (Å²) in [7, 11) is 2.85. The molecule has 0 atom stereocenters. The molecule has 10 nitrogen and oxygen atoms in total. The lowest BCUT2D eigenvalue weighted by Gasteiger charge is -2.22. The van der Waals surface area contributed by atoms with Gasteiger partial charge in [0.25, 0.3) is 0 Å². The number of anilines is 2. The number of aromatic amines is 1. The standard InChI is InChI=1S/C16H20N6O4/c1-9-5-18-12(10(2)14(9)26-4)7-22(8-13(23)25-3)15-11(21-24)6-19-16(17)20-15/h5-6H,7-8H2,1-4H3,(H2,17,19,20)/p+1. The van der Waals surface area contributed by atoms with Crippen molar-refractivity contribution in [1.29, 1.82) is 0 Å². The molecule has 0 amide bonds. The number of ether oxygens (including phenoxy) is 2. The summed E-state index contributed by atoms with van der Waals surface area (Å²) in [6.07, 6.45) is 3.00. The van der Waals surface area contributed by atoms with Gasteiger partial charge in [-0.3, -0.25) is 15.5 Å². The Morgan fingerprint density at radius 1 is 1.38 bits per heavy atom. The van der Waals surface area contributed by atoms with Crippen molar-refractivity contribution in [1.82, 2.24) is 9.97 Å². The minimum atomic E-state index is -0.508. The second-order valence-corrected chi connectivity index (χ2v) is 5.56. The van der Waals surface area contributed by atoms with Crippen molar-refractivity contribution in [2.75, 3.05) is 31.4 Å². The first-order valence-corrected chi connectivity index (χ1v) is 7.73. The van der Waals surface area contributed by atoms with Crippen LogP contribution in [0.15, 0.2) is 17.6 Å². The summed E-state index contributed by atoms with van der Waals surface area (Å²) in [5.41, 5.74) is 8.06. The molecule has 0 aliphatic rings. The van der Waals surface area contributed by atoms with Crippen LogP contribution in [0.1, 0.15) is 16.8 Å². The van der Waals surface area contributed by atoms with Gasteiger partial charge in [-0.2, -0.15) is 0 Å². The molecule has 0 saturated carbocycles. The molecular formula is C16H21N6O4+. The molecule has 0 radical (unpaired) electrons. The smallest absolute Gasteiger partial charge is 0.389 e. The molecule has 0 bridgehead atoms. The molecule has 138 valence electrons. The second kappa shape index (κ2) is 8.19. The Kier molecular flexibility index (Phi) is 5.99.